The quantitative estimate of drug-likeness (QED) is 0.0217. The van der Waals surface area contributed by atoms with E-state index in [2.05, 4.69) is 41.9 Å². The first-order valence-electron chi connectivity index (χ1n) is 20.0. The minimum Gasteiger partial charge on any atom is -0.462 e. The Hall–Kier alpha value is -0.730. The van der Waals surface area contributed by atoms with Crippen LogP contribution in [0, 0.1) is 0 Å². The van der Waals surface area contributed by atoms with Crippen molar-refractivity contribution in [1.29, 1.82) is 0 Å². The highest BCUT2D eigenvalue weighted by atomic mass is 79.9. The molecular formula is C39H74BrO8P. The van der Waals surface area contributed by atoms with Gasteiger partial charge < -0.3 is 14.4 Å². The lowest BCUT2D eigenvalue weighted by Gasteiger charge is -2.19. The van der Waals surface area contributed by atoms with Crippen molar-refractivity contribution >= 4 is 35.7 Å². The van der Waals surface area contributed by atoms with E-state index in [1.165, 1.54) is 109 Å². The largest absolute Gasteiger partial charge is 0.472 e. The Kier molecular flexibility index (Phi) is 36.5. The zero-order valence-corrected chi connectivity index (χ0v) is 34.0. The number of phosphoric ester groups is 1. The van der Waals surface area contributed by atoms with Crippen LogP contribution in [0.1, 0.15) is 194 Å². The first-order chi connectivity index (χ1) is 23.8. The van der Waals surface area contributed by atoms with Crippen molar-refractivity contribution in [2.45, 2.75) is 200 Å². The Morgan fingerprint density at radius 2 is 1.00 bits per heavy atom. The predicted octanol–water partition coefficient (Wildman–Crippen LogP) is 12.5. The van der Waals surface area contributed by atoms with Gasteiger partial charge in [0, 0.05) is 18.2 Å². The Labute approximate surface area is 309 Å². The summed E-state index contributed by atoms with van der Waals surface area (Å²) in [6, 6.07) is 0. The smallest absolute Gasteiger partial charge is 0.462 e. The number of alkyl halides is 1. The summed E-state index contributed by atoms with van der Waals surface area (Å²) in [5.74, 6) is -0.808. The van der Waals surface area contributed by atoms with Crippen LogP contribution in [0.4, 0.5) is 0 Å². The summed E-state index contributed by atoms with van der Waals surface area (Å²) in [6.45, 7) is 3.85. The van der Waals surface area contributed by atoms with Crippen molar-refractivity contribution in [3.8, 4) is 0 Å². The Balaban J connectivity index is 4.19. The minimum absolute atomic E-state index is 0.0121. The summed E-state index contributed by atoms with van der Waals surface area (Å²) in [6.07, 6.45) is 35.3. The van der Waals surface area contributed by atoms with Gasteiger partial charge in [0.2, 0.25) is 0 Å². The number of allylic oxidation sites excluding steroid dienone is 2. The third kappa shape index (κ3) is 36.9. The normalized spacial score (nSPS) is 13.5. The molecule has 0 aliphatic rings. The maximum atomic E-state index is 12.5. The second kappa shape index (κ2) is 37.0. The summed E-state index contributed by atoms with van der Waals surface area (Å²) >= 11 is 3.14. The second-order valence-corrected chi connectivity index (χ2v) is 15.7. The molecule has 0 bridgehead atoms. The van der Waals surface area contributed by atoms with Gasteiger partial charge in [-0.15, -0.1) is 0 Å². The average Bonchev–Trinajstić information content (AvgIpc) is 3.08. The highest BCUT2D eigenvalue weighted by Crippen LogP contribution is 2.43. The van der Waals surface area contributed by atoms with Gasteiger partial charge in [-0.1, -0.05) is 170 Å². The summed E-state index contributed by atoms with van der Waals surface area (Å²) in [7, 11) is -4.32. The Bertz CT molecular complexity index is 825. The molecule has 0 aromatic carbocycles. The van der Waals surface area contributed by atoms with E-state index in [0.29, 0.717) is 18.2 Å². The third-order valence-electron chi connectivity index (χ3n) is 8.61. The monoisotopic (exact) mass is 780 g/mol. The number of halogens is 1. The summed E-state index contributed by atoms with van der Waals surface area (Å²) in [4.78, 5) is 34.8. The van der Waals surface area contributed by atoms with Crippen molar-refractivity contribution in [2.75, 3.05) is 25.2 Å². The number of carbonyl (C=O) groups excluding carboxylic acids is 2. The Morgan fingerprint density at radius 1 is 0.592 bits per heavy atom. The SMILES string of the molecule is CCCCCCCC/C=C\CCCCCCCC(=O)O[C@H](COC(=O)CCCCCCCCCCCCCCC)COP(=O)(O)OCCBr. The molecule has 0 aromatic rings. The van der Waals surface area contributed by atoms with Crippen LogP contribution in [0.15, 0.2) is 12.2 Å². The lowest BCUT2D eigenvalue weighted by Crippen LogP contribution is -2.29. The topological polar surface area (TPSA) is 108 Å². The minimum atomic E-state index is -4.32. The number of ether oxygens (including phenoxy) is 2. The van der Waals surface area contributed by atoms with Crippen LogP contribution in [0.2, 0.25) is 0 Å². The zero-order chi connectivity index (χ0) is 36.1. The van der Waals surface area contributed by atoms with Gasteiger partial charge in [-0.3, -0.25) is 18.6 Å². The Morgan fingerprint density at radius 3 is 1.45 bits per heavy atom. The molecule has 10 heteroatoms. The van der Waals surface area contributed by atoms with E-state index >= 15 is 0 Å². The number of esters is 2. The van der Waals surface area contributed by atoms with E-state index in [9.17, 15) is 19.0 Å². The third-order valence-corrected chi connectivity index (χ3v) is 9.92. The van der Waals surface area contributed by atoms with Gasteiger partial charge in [0.05, 0.1) is 13.2 Å². The van der Waals surface area contributed by atoms with Gasteiger partial charge in [0.25, 0.3) is 0 Å². The number of hydrogen-bond acceptors (Lipinski definition) is 7. The molecule has 1 N–H and O–H groups in total. The number of phosphoric acid groups is 1. The molecule has 0 heterocycles. The van der Waals surface area contributed by atoms with Crippen LogP contribution >= 0.6 is 23.8 Å². The van der Waals surface area contributed by atoms with Crippen molar-refractivity contribution in [3.05, 3.63) is 12.2 Å². The van der Waals surface area contributed by atoms with Gasteiger partial charge in [0.15, 0.2) is 6.10 Å². The molecule has 0 saturated carbocycles. The fourth-order valence-corrected chi connectivity index (χ4v) is 6.77. The molecule has 0 radical (unpaired) electrons. The number of hydrogen-bond donors (Lipinski definition) is 1. The van der Waals surface area contributed by atoms with Crippen LogP contribution in [0.3, 0.4) is 0 Å². The predicted molar refractivity (Wildman–Crippen MR) is 206 cm³/mol. The van der Waals surface area contributed by atoms with E-state index in [1.54, 1.807) is 0 Å². The molecule has 0 rings (SSSR count). The number of rotatable bonds is 38. The summed E-state index contributed by atoms with van der Waals surface area (Å²) in [5, 5.41) is 0.367. The molecule has 0 fully saturated rings. The fourth-order valence-electron chi connectivity index (χ4n) is 5.61. The van der Waals surface area contributed by atoms with E-state index in [0.717, 1.165) is 51.4 Å². The molecule has 0 aromatic heterocycles. The van der Waals surface area contributed by atoms with Gasteiger partial charge in [-0.25, -0.2) is 4.57 Å². The van der Waals surface area contributed by atoms with Crippen LogP contribution in [-0.2, 0) is 32.7 Å². The fraction of sp³-hybridized carbons (Fsp3) is 0.897. The first-order valence-corrected chi connectivity index (χ1v) is 22.6. The van der Waals surface area contributed by atoms with Crippen molar-refractivity contribution in [1.82, 2.24) is 0 Å². The molecule has 0 amide bonds. The number of unbranched alkanes of at least 4 members (excludes halogenated alkanes) is 23. The molecule has 290 valence electrons. The van der Waals surface area contributed by atoms with Gasteiger partial charge in [-0.2, -0.15) is 0 Å². The molecule has 0 aliphatic carbocycles. The van der Waals surface area contributed by atoms with Crippen molar-refractivity contribution < 1.29 is 37.6 Å². The molecule has 0 spiro atoms. The summed E-state index contributed by atoms with van der Waals surface area (Å²) in [5.41, 5.74) is 0. The molecule has 2 atom stereocenters. The molecule has 8 nitrogen and oxygen atoms in total. The van der Waals surface area contributed by atoms with E-state index < -0.39 is 26.5 Å². The molecule has 1 unspecified atom stereocenters. The van der Waals surface area contributed by atoms with Gasteiger partial charge >= 0.3 is 19.8 Å². The van der Waals surface area contributed by atoms with Crippen LogP contribution < -0.4 is 0 Å². The second-order valence-electron chi connectivity index (χ2n) is 13.4. The van der Waals surface area contributed by atoms with Crippen LogP contribution in [0.25, 0.3) is 0 Å². The molecule has 0 aliphatic heterocycles. The van der Waals surface area contributed by atoms with E-state index in [4.69, 9.17) is 18.5 Å². The lowest BCUT2D eigenvalue weighted by molar-refractivity contribution is -0.161. The van der Waals surface area contributed by atoms with E-state index in [-0.39, 0.29) is 25.6 Å². The maximum Gasteiger partial charge on any atom is 0.472 e. The van der Waals surface area contributed by atoms with E-state index in [1.807, 2.05) is 0 Å². The molecule has 0 saturated heterocycles. The van der Waals surface area contributed by atoms with Crippen molar-refractivity contribution in [3.63, 3.8) is 0 Å². The van der Waals surface area contributed by atoms with Gasteiger partial charge in [0.1, 0.15) is 6.61 Å². The lowest BCUT2D eigenvalue weighted by atomic mass is 10.0. The van der Waals surface area contributed by atoms with Crippen LogP contribution in [-0.4, -0.2) is 48.1 Å². The highest BCUT2D eigenvalue weighted by Gasteiger charge is 2.26. The van der Waals surface area contributed by atoms with Crippen LogP contribution in [0.5, 0.6) is 0 Å². The maximum absolute atomic E-state index is 12.5. The molecule has 49 heavy (non-hydrogen) atoms. The summed E-state index contributed by atoms with van der Waals surface area (Å²) < 4.78 is 32.9. The van der Waals surface area contributed by atoms with Crippen molar-refractivity contribution in [2.24, 2.45) is 0 Å². The average molecular weight is 782 g/mol. The standard InChI is InChI=1S/C39H74BrO8P/c1-3-5-7-9-11-13-15-17-18-20-22-24-26-28-30-32-39(42)48-37(36-47-49(43,44)46-34-33-40)35-45-38(41)31-29-27-25-23-21-19-16-14-12-10-8-6-4-2/h17-18,37H,3-16,19-36H2,1-2H3,(H,43,44)/b18-17-/t37-/m1/s1. The number of carbonyl (C=O) groups is 2. The first kappa shape index (κ1) is 48.3. The zero-order valence-electron chi connectivity index (χ0n) is 31.5. The highest BCUT2D eigenvalue weighted by molar-refractivity contribution is 9.09. The molecular weight excluding hydrogens is 707 g/mol. The van der Waals surface area contributed by atoms with Gasteiger partial charge in [-0.05, 0) is 38.5 Å².